The second-order valence-corrected chi connectivity index (χ2v) is 10.7. The maximum absolute atomic E-state index is 12.5. The number of rotatable bonds is 6. The number of aliphatic imine (C=N–C) groups is 1. The number of benzene rings is 3. The van der Waals surface area contributed by atoms with Gasteiger partial charge in [0.15, 0.2) is 0 Å². The minimum Gasteiger partial charge on any atom is -0.444 e. The Hall–Kier alpha value is -3.81. The molecule has 0 radical (unpaired) electrons. The van der Waals surface area contributed by atoms with Crippen LogP contribution in [0.2, 0.25) is 5.02 Å². The molecule has 2 N–H and O–H groups in total. The molecule has 8 heteroatoms. The van der Waals surface area contributed by atoms with E-state index in [9.17, 15) is 4.79 Å². The largest absolute Gasteiger partial charge is 0.444 e. The Balaban J connectivity index is 1.62. The van der Waals surface area contributed by atoms with Crippen LogP contribution in [-0.4, -0.2) is 22.6 Å². The molecule has 0 saturated carbocycles. The Kier molecular flexibility index (Phi) is 9.05. The average Bonchev–Trinajstić information content (AvgIpc) is 2.90. The number of alkyl carbamates (subject to hydrolysis) is 1. The first kappa shape index (κ1) is 27.2. The Morgan fingerprint density at radius 2 is 1.61 bits per heavy atom. The number of nitrogens with one attached hydrogen (secondary N) is 2. The number of carbonyl (C=O) groups is 1. The third-order valence-electron chi connectivity index (χ3n) is 5.19. The maximum Gasteiger partial charge on any atom is 0.414 e. The van der Waals surface area contributed by atoms with E-state index in [0.29, 0.717) is 5.02 Å². The summed E-state index contributed by atoms with van der Waals surface area (Å²) in [6.45, 7) is 5.73. The summed E-state index contributed by atoms with van der Waals surface area (Å²) in [6, 6.07) is 29.6. The van der Waals surface area contributed by atoms with Gasteiger partial charge in [-0.1, -0.05) is 72.3 Å². The quantitative estimate of drug-likeness (QED) is 0.147. The van der Waals surface area contributed by atoms with Crippen LogP contribution in [0.3, 0.4) is 0 Å². The summed E-state index contributed by atoms with van der Waals surface area (Å²) >= 11 is 7.49. The van der Waals surface area contributed by atoms with Crippen LogP contribution in [0.1, 0.15) is 26.3 Å². The van der Waals surface area contributed by atoms with Gasteiger partial charge in [0.05, 0.1) is 12.2 Å². The Morgan fingerprint density at radius 1 is 0.947 bits per heavy atom. The van der Waals surface area contributed by atoms with E-state index >= 15 is 0 Å². The van der Waals surface area contributed by atoms with Gasteiger partial charge in [-0.05, 0) is 74.2 Å². The van der Waals surface area contributed by atoms with Crippen molar-refractivity contribution in [2.45, 2.75) is 37.8 Å². The normalized spacial score (nSPS) is 11.6. The van der Waals surface area contributed by atoms with Crippen molar-refractivity contribution < 1.29 is 9.53 Å². The second-order valence-electron chi connectivity index (χ2n) is 9.42. The third kappa shape index (κ3) is 8.10. The highest BCUT2D eigenvalue weighted by Gasteiger charge is 2.18. The van der Waals surface area contributed by atoms with Crippen LogP contribution in [0.25, 0.3) is 22.4 Å². The fraction of sp³-hybridized carbons (Fsp3) is 0.167. The van der Waals surface area contributed by atoms with Crippen LogP contribution in [-0.2, 0) is 11.3 Å². The lowest BCUT2D eigenvalue weighted by Gasteiger charge is -2.20. The van der Waals surface area contributed by atoms with Crippen molar-refractivity contribution in [1.82, 2.24) is 15.0 Å². The smallest absolute Gasteiger partial charge is 0.414 e. The first-order chi connectivity index (χ1) is 18.3. The first-order valence-corrected chi connectivity index (χ1v) is 13.3. The molecule has 0 atom stereocenters. The van der Waals surface area contributed by atoms with Gasteiger partial charge in [0.1, 0.15) is 5.60 Å². The Morgan fingerprint density at radius 3 is 2.26 bits per heavy atom. The molecule has 0 aliphatic heterocycles. The van der Waals surface area contributed by atoms with Crippen LogP contribution in [0.5, 0.6) is 0 Å². The summed E-state index contributed by atoms with van der Waals surface area (Å²) in [7, 11) is 0. The number of guanidine groups is 1. The molecule has 4 rings (SSSR count). The fourth-order valence-corrected chi connectivity index (χ4v) is 4.28. The predicted octanol–water partition coefficient (Wildman–Crippen LogP) is 7.75. The number of hydrogen-bond donors (Lipinski definition) is 2. The van der Waals surface area contributed by atoms with Crippen LogP contribution in [0.15, 0.2) is 107 Å². The lowest BCUT2D eigenvalue weighted by molar-refractivity contribution is 0.0562. The number of amides is 1. The van der Waals surface area contributed by atoms with Crippen LogP contribution in [0, 0.1) is 0 Å². The van der Waals surface area contributed by atoms with E-state index in [1.54, 1.807) is 6.20 Å². The van der Waals surface area contributed by atoms with Crippen molar-refractivity contribution in [3.05, 3.63) is 108 Å². The molecule has 0 bridgehead atoms. The van der Waals surface area contributed by atoms with Gasteiger partial charge >= 0.3 is 6.09 Å². The van der Waals surface area contributed by atoms with E-state index in [0.717, 1.165) is 32.8 Å². The number of hydrogen-bond acceptors (Lipinski definition) is 5. The predicted molar refractivity (Wildman–Crippen MR) is 156 cm³/mol. The van der Waals surface area contributed by atoms with Crippen LogP contribution in [0.4, 0.5) is 4.79 Å². The van der Waals surface area contributed by atoms with Crippen LogP contribution < -0.4 is 10.0 Å². The molecule has 194 valence electrons. The summed E-state index contributed by atoms with van der Waals surface area (Å²) in [5, 5.41) is 3.40. The molecule has 1 aromatic heterocycles. The van der Waals surface area contributed by atoms with E-state index in [1.807, 2.05) is 106 Å². The molecule has 0 aliphatic rings. The fourth-order valence-electron chi connectivity index (χ4n) is 3.53. The molecule has 0 unspecified atom stereocenters. The van der Waals surface area contributed by atoms with Crippen molar-refractivity contribution in [2.24, 2.45) is 4.99 Å². The van der Waals surface area contributed by atoms with E-state index in [-0.39, 0.29) is 12.5 Å². The molecule has 1 heterocycles. The SMILES string of the molecule is CC(C)(C)OC(=O)NC(=NCc1cnc(-c2ccccc2)c(-c2ccc(Cl)cc2)c1)NSc1ccccc1. The van der Waals surface area contributed by atoms with Crippen molar-refractivity contribution in [3.63, 3.8) is 0 Å². The summed E-state index contributed by atoms with van der Waals surface area (Å²) in [6.07, 6.45) is 1.22. The summed E-state index contributed by atoms with van der Waals surface area (Å²) in [4.78, 5) is 22.9. The van der Waals surface area contributed by atoms with Crippen molar-refractivity contribution in [2.75, 3.05) is 0 Å². The molecule has 4 aromatic rings. The number of carbonyl (C=O) groups excluding carboxylic acids is 1. The van der Waals surface area contributed by atoms with Gasteiger partial charge in [0.2, 0.25) is 5.96 Å². The zero-order chi connectivity index (χ0) is 27.0. The molecule has 0 spiro atoms. The minimum absolute atomic E-state index is 0.285. The van der Waals surface area contributed by atoms with Crippen molar-refractivity contribution in [3.8, 4) is 22.4 Å². The van der Waals surface area contributed by atoms with Gasteiger partial charge in [0.25, 0.3) is 0 Å². The maximum atomic E-state index is 12.5. The van der Waals surface area contributed by atoms with Gasteiger partial charge in [-0.15, -0.1) is 0 Å². The summed E-state index contributed by atoms with van der Waals surface area (Å²) < 4.78 is 8.55. The lowest BCUT2D eigenvalue weighted by atomic mass is 9.98. The van der Waals surface area contributed by atoms with Gasteiger partial charge < -0.3 is 4.74 Å². The number of nitrogens with zero attached hydrogens (tertiary/aromatic N) is 2. The number of aromatic nitrogens is 1. The Bertz CT molecular complexity index is 1390. The molecule has 0 fully saturated rings. The highest BCUT2D eigenvalue weighted by atomic mass is 35.5. The topological polar surface area (TPSA) is 75.6 Å². The zero-order valence-corrected chi connectivity index (χ0v) is 23.0. The summed E-state index contributed by atoms with van der Waals surface area (Å²) in [5.41, 5.74) is 4.09. The standard InChI is InChI=1S/C30H29ClN4O2S/c1-30(2,3)37-29(36)34-28(35-38-25-12-8-5-9-13-25)33-20-21-18-26(22-14-16-24(31)17-15-22)27(32-19-21)23-10-6-4-7-11-23/h4-19H,20H2,1-3H3,(H2,33,34,35,36). The van der Waals surface area contributed by atoms with Gasteiger partial charge in [-0.3, -0.25) is 15.0 Å². The number of pyridine rings is 1. The monoisotopic (exact) mass is 544 g/mol. The molecule has 38 heavy (non-hydrogen) atoms. The molecule has 1 amide bonds. The molecule has 0 aliphatic carbocycles. The average molecular weight is 545 g/mol. The van der Waals surface area contributed by atoms with Gasteiger partial charge in [-0.2, -0.15) is 0 Å². The van der Waals surface area contributed by atoms with E-state index in [1.165, 1.54) is 11.9 Å². The summed E-state index contributed by atoms with van der Waals surface area (Å²) in [5.74, 6) is 0.285. The lowest BCUT2D eigenvalue weighted by Crippen LogP contribution is -2.41. The van der Waals surface area contributed by atoms with E-state index in [4.69, 9.17) is 21.3 Å². The van der Waals surface area contributed by atoms with Crippen molar-refractivity contribution in [1.29, 1.82) is 0 Å². The highest BCUT2D eigenvalue weighted by Crippen LogP contribution is 2.32. The van der Waals surface area contributed by atoms with Gasteiger partial charge in [-0.25, -0.2) is 9.79 Å². The molecule has 6 nitrogen and oxygen atoms in total. The van der Waals surface area contributed by atoms with Gasteiger partial charge in [0, 0.05) is 27.2 Å². The van der Waals surface area contributed by atoms with E-state index in [2.05, 4.69) is 21.1 Å². The number of halogens is 1. The Labute approximate surface area is 232 Å². The molecule has 0 saturated heterocycles. The van der Waals surface area contributed by atoms with Crippen molar-refractivity contribution >= 4 is 35.6 Å². The molecule has 3 aromatic carbocycles. The van der Waals surface area contributed by atoms with E-state index < -0.39 is 11.7 Å². The second kappa shape index (κ2) is 12.6. The molecular formula is C30H29ClN4O2S. The third-order valence-corrected chi connectivity index (χ3v) is 6.25. The first-order valence-electron chi connectivity index (χ1n) is 12.1. The van der Waals surface area contributed by atoms with Crippen LogP contribution >= 0.6 is 23.5 Å². The molecular weight excluding hydrogens is 516 g/mol. The zero-order valence-electron chi connectivity index (χ0n) is 21.4. The minimum atomic E-state index is -0.633. The highest BCUT2D eigenvalue weighted by molar-refractivity contribution is 7.98. The number of ether oxygens (including phenoxy) is 1.